The molecule has 2 N–H and O–H groups in total. The lowest BCUT2D eigenvalue weighted by Gasteiger charge is -2.07. The third-order valence-corrected chi connectivity index (χ3v) is 2.82. The fourth-order valence-corrected chi connectivity index (χ4v) is 1.73. The van der Waals surface area contributed by atoms with Gasteiger partial charge in [0.25, 0.3) is 0 Å². The molecule has 15 heavy (non-hydrogen) atoms. The maximum Gasteiger partial charge on any atom is 0.158 e. The molecule has 2 rings (SSSR count). The number of rotatable bonds is 2. The Morgan fingerprint density at radius 2 is 2.20 bits per heavy atom. The topological polar surface area (TPSA) is 69.6 Å². The van der Waals surface area contributed by atoms with Gasteiger partial charge in [0.15, 0.2) is 5.82 Å². The van der Waals surface area contributed by atoms with Gasteiger partial charge in [-0.05, 0) is 15.9 Å². The number of nitrogens with zero attached hydrogens (tertiary/aromatic N) is 4. The molecule has 0 bridgehead atoms. The number of hydrogen-bond donors (Lipinski definition) is 1. The number of aromatic nitrogens is 4. The second-order valence-corrected chi connectivity index (χ2v) is 3.76. The Kier molecular flexibility index (Phi) is 2.68. The van der Waals surface area contributed by atoms with Gasteiger partial charge in [-0.3, -0.25) is 4.57 Å². The van der Waals surface area contributed by atoms with Crippen molar-refractivity contribution in [2.24, 2.45) is 0 Å². The third-order valence-electron chi connectivity index (χ3n) is 2.06. The van der Waals surface area contributed by atoms with E-state index in [0.717, 1.165) is 18.1 Å². The zero-order valence-corrected chi connectivity index (χ0v) is 9.77. The summed E-state index contributed by atoms with van der Waals surface area (Å²) in [4.78, 5) is 12.3. The minimum Gasteiger partial charge on any atom is -0.383 e. The summed E-state index contributed by atoms with van der Waals surface area (Å²) in [5, 5.41) is 0. The molecule has 0 aliphatic heterocycles. The molecule has 5 nitrogen and oxygen atoms in total. The smallest absolute Gasteiger partial charge is 0.158 e. The van der Waals surface area contributed by atoms with E-state index in [1.54, 1.807) is 6.20 Å². The fourth-order valence-electron chi connectivity index (χ4n) is 1.33. The van der Waals surface area contributed by atoms with Crippen LogP contribution in [0.25, 0.3) is 5.82 Å². The van der Waals surface area contributed by atoms with E-state index in [1.165, 1.54) is 6.33 Å². The SMILES string of the molecule is CCc1nccn1-c1ncnc(N)c1Br. The van der Waals surface area contributed by atoms with Crippen molar-refractivity contribution < 1.29 is 0 Å². The first-order valence-electron chi connectivity index (χ1n) is 4.52. The van der Waals surface area contributed by atoms with E-state index < -0.39 is 0 Å². The van der Waals surface area contributed by atoms with Crippen molar-refractivity contribution in [3.8, 4) is 5.82 Å². The van der Waals surface area contributed by atoms with Gasteiger partial charge in [-0.25, -0.2) is 15.0 Å². The highest BCUT2D eigenvalue weighted by Crippen LogP contribution is 2.23. The van der Waals surface area contributed by atoms with Crippen LogP contribution >= 0.6 is 15.9 Å². The second-order valence-electron chi connectivity index (χ2n) is 2.96. The van der Waals surface area contributed by atoms with E-state index in [9.17, 15) is 0 Å². The number of aryl methyl sites for hydroxylation is 1. The van der Waals surface area contributed by atoms with Crippen molar-refractivity contribution in [3.05, 3.63) is 29.0 Å². The van der Waals surface area contributed by atoms with Crippen LogP contribution in [0.1, 0.15) is 12.7 Å². The fraction of sp³-hybridized carbons (Fsp3) is 0.222. The molecule has 0 saturated carbocycles. The minimum absolute atomic E-state index is 0.427. The molecule has 0 unspecified atom stereocenters. The molecule has 0 aliphatic rings. The molecule has 0 fully saturated rings. The predicted molar refractivity (Wildman–Crippen MR) is 60.6 cm³/mol. The lowest BCUT2D eigenvalue weighted by Crippen LogP contribution is -2.05. The molecule has 0 atom stereocenters. The van der Waals surface area contributed by atoms with Crippen LogP contribution in [0.2, 0.25) is 0 Å². The van der Waals surface area contributed by atoms with E-state index in [2.05, 4.69) is 30.9 Å². The summed E-state index contributed by atoms with van der Waals surface area (Å²) >= 11 is 3.37. The minimum atomic E-state index is 0.427. The molecule has 6 heteroatoms. The Morgan fingerprint density at radius 1 is 1.40 bits per heavy atom. The van der Waals surface area contributed by atoms with Crippen molar-refractivity contribution >= 4 is 21.7 Å². The quantitative estimate of drug-likeness (QED) is 0.897. The first-order chi connectivity index (χ1) is 7.24. The predicted octanol–water partition coefficient (Wildman–Crippen LogP) is 1.57. The molecule has 0 aliphatic carbocycles. The van der Waals surface area contributed by atoms with E-state index in [1.807, 2.05) is 17.7 Å². The van der Waals surface area contributed by atoms with Crippen LogP contribution in [0, 0.1) is 0 Å². The van der Waals surface area contributed by atoms with Crippen LogP contribution < -0.4 is 5.73 Å². The van der Waals surface area contributed by atoms with E-state index in [-0.39, 0.29) is 0 Å². The molecule has 0 aromatic carbocycles. The van der Waals surface area contributed by atoms with E-state index >= 15 is 0 Å². The standard InChI is InChI=1S/C9H10BrN5/c1-2-6-12-3-4-15(6)9-7(10)8(11)13-5-14-9/h3-5H,2H2,1H3,(H2,11,13,14). The average Bonchev–Trinajstić information content (AvgIpc) is 2.70. The average molecular weight is 268 g/mol. The maximum absolute atomic E-state index is 5.69. The van der Waals surface area contributed by atoms with Crippen LogP contribution in [0.15, 0.2) is 23.2 Å². The Hall–Kier alpha value is -1.43. The Morgan fingerprint density at radius 3 is 2.93 bits per heavy atom. The van der Waals surface area contributed by atoms with Gasteiger partial charge in [0.05, 0.1) is 0 Å². The molecule has 0 spiro atoms. The molecular formula is C9H10BrN5. The summed E-state index contributed by atoms with van der Waals surface area (Å²) in [6.45, 7) is 2.04. The van der Waals surface area contributed by atoms with Crippen LogP contribution in [-0.2, 0) is 6.42 Å². The molecule has 0 radical (unpaired) electrons. The van der Waals surface area contributed by atoms with Crippen molar-refractivity contribution in [1.29, 1.82) is 0 Å². The van der Waals surface area contributed by atoms with Gasteiger partial charge in [0, 0.05) is 18.8 Å². The van der Waals surface area contributed by atoms with Gasteiger partial charge in [-0.1, -0.05) is 6.92 Å². The zero-order chi connectivity index (χ0) is 10.8. The Balaban J connectivity index is 2.59. The first-order valence-corrected chi connectivity index (χ1v) is 5.32. The summed E-state index contributed by atoms with van der Waals surface area (Å²) in [6, 6.07) is 0. The molecular weight excluding hydrogens is 258 g/mol. The number of nitrogen functional groups attached to an aromatic ring is 1. The van der Waals surface area contributed by atoms with Crippen LogP contribution in [-0.4, -0.2) is 19.5 Å². The third kappa shape index (κ3) is 1.72. The number of hydrogen-bond acceptors (Lipinski definition) is 4. The van der Waals surface area contributed by atoms with E-state index in [4.69, 9.17) is 5.73 Å². The van der Waals surface area contributed by atoms with Crippen molar-refractivity contribution in [2.45, 2.75) is 13.3 Å². The normalized spacial score (nSPS) is 10.5. The summed E-state index contributed by atoms with van der Waals surface area (Å²) in [7, 11) is 0. The monoisotopic (exact) mass is 267 g/mol. The van der Waals surface area contributed by atoms with Gasteiger partial charge < -0.3 is 5.73 Å². The zero-order valence-electron chi connectivity index (χ0n) is 8.18. The van der Waals surface area contributed by atoms with Crippen molar-refractivity contribution in [3.63, 3.8) is 0 Å². The Bertz CT molecular complexity index is 479. The highest BCUT2D eigenvalue weighted by Gasteiger charge is 2.10. The summed E-state index contributed by atoms with van der Waals surface area (Å²) in [5.74, 6) is 2.08. The number of imidazole rings is 1. The van der Waals surface area contributed by atoms with Crippen LogP contribution in [0.3, 0.4) is 0 Å². The molecule has 78 valence electrons. The second kappa shape index (κ2) is 3.98. The molecule has 2 aromatic rings. The largest absolute Gasteiger partial charge is 0.383 e. The summed E-state index contributed by atoms with van der Waals surface area (Å²) in [6.07, 6.45) is 5.87. The number of halogens is 1. The number of anilines is 1. The van der Waals surface area contributed by atoms with Gasteiger partial charge in [-0.2, -0.15) is 0 Å². The highest BCUT2D eigenvalue weighted by molar-refractivity contribution is 9.10. The summed E-state index contributed by atoms with van der Waals surface area (Å²) in [5.41, 5.74) is 5.69. The van der Waals surface area contributed by atoms with E-state index in [0.29, 0.717) is 10.3 Å². The molecule has 0 amide bonds. The van der Waals surface area contributed by atoms with Crippen molar-refractivity contribution in [2.75, 3.05) is 5.73 Å². The lowest BCUT2D eigenvalue weighted by molar-refractivity contribution is 0.858. The van der Waals surface area contributed by atoms with Gasteiger partial charge >= 0.3 is 0 Å². The maximum atomic E-state index is 5.69. The number of nitrogens with two attached hydrogens (primary N) is 1. The molecule has 0 saturated heterocycles. The van der Waals surface area contributed by atoms with Gasteiger partial charge in [0.1, 0.15) is 22.4 Å². The van der Waals surface area contributed by atoms with Crippen LogP contribution in [0.4, 0.5) is 5.82 Å². The molecule has 2 heterocycles. The first kappa shape index (κ1) is 10.1. The Labute approximate surface area is 95.5 Å². The molecule has 2 aromatic heterocycles. The van der Waals surface area contributed by atoms with Crippen LogP contribution in [0.5, 0.6) is 0 Å². The summed E-state index contributed by atoms with van der Waals surface area (Å²) < 4.78 is 2.58. The van der Waals surface area contributed by atoms with Gasteiger partial charge in [-0.15, -0.1) is 0 Å². The van der Waals surface area contributed by atoms with Crippen molar-refractivity contribution in [1.82, 2.24) is 19.5 Å². The van der Waals surface area contributed by atoms with Gasteiger partial charge in [0.2, 0.25) is 0 Å². The highest BCUT2D eigenvalue weighted by atomic mass is 79.9. The lowest BCUT2D eigenvalue weighted by atomic mass is 10.4.